The summed E-state index contributed by atoms with van der Waals surface area (Å²) in [6.07, 6.45) is 2.61. The predicted molar refractivity (Wildman–Crippen MR) is 81.2 cm³/mol. The molecular formula is C17H15BrF2O. The first-order valence-corrected chi connectivity index (χ1v) is 7.78. The van der Waals surface area contributed by atoms with E-state index in [9.17, 15) is 13.9 Å². The molecule has 2 aromatic rings. The van der Waals surface area contributed by atoms with Crippen molar-refractivity contribution in [2.24, 2.45) is 0 Å². The molecule has 3 rings (SSSR count). The molecule has 1 aliphatic rings. The van der Waals surface area contributed by atoms with Gasteiger partial charge in [0.15, 0.2) is 11.6 Å². The Bertz CT molecular complexity index is 668. The summed E-state index contributed by atoms with van der Waals surface area (Å²) in [5.41, 5.74) is 2.24. The van der Waals surface area contributed by atoms with Crippen LogP contribution in [0.15, 0.2) is 40.9 Å². The van der Waals surface area contributed by atoms with Crippen LogP contribution in [0.3, 0.4) is 0 Å². The summed E-state index contributed by atoms with van der Waals surface area (Å²) in [7, 11) is 0. The van der Waals surface area contributed by atoms with E-state index in [1.54, 1.807) is 6.07 Å². The van der Waals surface area contributed by atoms with Gasteiger partial charge in [-0.05, 0) is 51.9 Å². The molecule has 0 spiro atoms. The van der Waals surface area contributed by atoms with E-state index in [1.165, 1.54) is 30.9 Å². The van der Waals surface area contributed by atoms with Gasteiger partial charge in [0.25, 0.3) is 0 Å². The quantitative estimate of drug-likeness (QED) is 0.764. The molecule has 1 atom stereocenters. The number of hydrogen-bond donors (Lipinski definition) is 1. The first kappa shape index (κ1) is 14.7. The fourth-order valence-corrected chi connectivity index (χ4v) is 3.19. The second-order valence-electron chi connectivity index (χ2n) is 5.47. The summed E-state index contributed by atoms with van der Waals surface area (Å²) in [6.45, 7) is 0. The number of aliphatic hydroxyl groups is 1. The van der Waals surface area contributed by atoms with Crippen molar-refractivity contribution in [1.82, 2.24) is 0 Å². The van der Waals surface area contributed by atoms with Crippen LogP contribution in [0, 0.1) is 11.6 Å². The Labute approximate surface area is 130 Å². The van der Waals surface area contributed by atoms with E-state index in [-0.39, 0.29) is 4.47 Å². The third-order valence-corrected chi connectivity index (χ3v) is 4.97. The van der Waals surface area contributed by atoms with Gasteiger partial charge in [-0.2, -0.15) is 0 Å². The smallest absolute Gasteiger partial charge is 0.173 e. The first-order chi connectivity index (χ1) is 10.1. The van der Waals surface area contributed by atoms with Gasteiger partial charge in [-0.25, -0.2) is 8.78 Å². The number of hydrogen-bond acceptors (Lipinski definition) is 1. The van der Waals surface area contributed by atoms with Crippen molar-refractivity contribution in [2.45, 2.75) is 31.3 Å². The van der Waals surface area contributed by atoms with Gasteiger partial charge in [-0.15, -0.1) is 0 Å². The Morgan fingerprint density at radius 1 is 1.14 bits per heavy atom. The van der Waals surface area contributed by atoms with Gasteiger partial charge in [-0.1, -0.05) is 36.8 Å². The zero-order valence-electron chi connectivity index (χ0n) is 11.3. The van der Waals surface area contributed by atoms with Crippen molar-refractivity contribution < 1.29 is 13.9 Å². The number of rotatable bonds is 3. The molecule has 1 N–H and O–H groups in total. The molecule has 0 heterocycles. The second kappa shape index (κ2) is 5.85. The highest BCUT2D eigenvalue weighted by molar-refractivity contribution is 9.10. The minimum absolute atomic E-state index is 0.0240. The molecule has 0 saturated heterocycles. The molecule has 4 heteroatoms. The van der Waals surface area contributed by atoms with Crippen molar-refractivity contribution in [3.63, 3.8) is 0 Å². The van der Waals surface area contributed by atoms with Gasteiger partial charge in [0.2, 0.25) is 0 Å². The summed E-state index contributed by atoms with van der Waals surface area (Å²) in [5, 5.41) is 10.5. The normalized spacial score (nSPS) is 16.6. The van der Waals surface area contributed by atoms with Crippen LogP contribution in [-0.4, -0.2) is 5.11 Å². The highest BCUT2D eigenvalue weighted by Crippen LogP contribution is 2.38. The molecule has 0 amide bonds. The lowest BCUT2D eigenvalue weighted by Crippen LogP contribution is -2.10. The Hall–Kier alpha value is -1.26. The predicted octanol–water partition coefficient (Wildman–Crippen LogP) is 5.08. The Kier molecular flexibility index (Phi) is 4.09. The van der Waals surface area contributed by atoms with E-state index in [2.05, 4.69) is 22.0 Å². The fourth-order valence-electron chi connectivity index (χ4n) is 2.66. The van der Waals surface area contributed by atoms with Gasteiger partial charge >= 0.3 is 0 Å². The van der Waals surface area contributed by atoms with Crippen LogP contribution >= 0.6 is 15.9 Å². The molecule has 2 aromatic carbocycles. The van der Waals surface area contributed by atoms with Gasteiger partial charge in [0.1, 0.15) is 6.10 Å². The van der Waals surface area contributed by atoms with Crippen LogP contribution in [-0.2, 0) is 0 Å². The Morgan fingerprint density at radius 2 is 1.90 bits per heavy atom. The summed E-state index contributed by atoms with van der Waals surface area (Å²) in [6, 6.07) is 10.2. The second-order valence-corrected chi connectivity index (χ2v) is 6.26. The number of halogens is 3. The minimum Gasteiger partial charge on any atom is -0.384 e. The van der Waals surface area contributed by atoms with E-state index < -0.39 is 17.7 Å². The average Bonchev–Trinajstić information content (AvgIpc) is 2.43. The van der Waals surface area contributed by atoms with Crippen molar-refractivity contribution in [1.29, 1.82) is 0 Å². The maximum atomic E-state index is 13.6. The topological polar surface area (TPSA) is 20.2 Å². The maximum absolute atomic E-state index is 13.6. The molecule has 0 bridgehead atoms. The van der Waals surface area contributed by atoms with E-state index in [0.717, 1.165) is 6.07 Å². The lowest BCUT2D eigenvalue weighted by molar-refractivity contribution is 0.218. The zero-order valence-corrected chi connectivity index (χ0v) is 12.9. The van der Waals surface area contributed by atoms with Crippen LogP contribution in [0.4, 0.5) is 8.78 Å². The van der Waals surface area contributed by atoms with Crippen molar-refractivity contribution in [3.05, 3.63) is 69.2 Å². The van der Waals surface area contributed by atoms with Crippen molar-refractivity contribution in [3.8, 4) is 0 Å². The molecule has 21 heavy (non-hydrogen) atoms. The fraction of sp³-hybridized carbons (Fsp3) is 0.294. The maximum Gasteiger partial charge on any atom is 0.173 e. The standard InChI is InChI=1S/C17H15BrF2O/c18-15-13(7-8-14(19)16(15)20)17(21)12-6-2-5-11(9-12)10-3-1-4-10/h2,5-10,17,21H,1,3-4H2. The van der Waals surface area contributed by atoms with Gasteiger partial charge in [0, 0.05) is 5.56 Å². The summed E-state index contributed by atoms with van der Waals surface area (Å²) in [5.74, 6) is -1.34. The van der Waals surface area contributed by atoms with E-state index in [0.29, 0.717) is 17.0 Å². The highest BCUT2D eigenvalue weighted by Gasteiger charge is 2.22. The minimum atomic E-state index is -0.977. The van der Waals surface area contributed by atoms with E-state index in [4.69, 9.17) is 0 Å². The molecule has 1 fully saturated rings. The Morgan fingerprint density at radius 3 is 2.57 bits per heavy atom. The van der Waals surface area contributed by atoms with Crippen LogP contribution in [0.1, 0.15) is 48.0 Å². The van der Waals surface area contributed by atoms with Gasteiger partial charge < -0.3 is 5.11 Å². The third kappa shape index (κ3) is 2.74. The van der Waals surface area contributed by atoms with Crippen LogP contribution < -0.4 is 0 Å². The van der Waals surface area contributed by atoms with Crippen LogP contribution in [0.5, 0.6) is 0 Å². The summed E-state index contributed by atoms with van der Waals surface area (Å²) >= 11 is 3.03. The molecule has 1 saturated carbocycles. The molecule has 110 valence electrons. The van der Waals surface area contributed by atoms with Crippen LogP contribution in [0.2, 0.25) is 0 Å². The molecular weight excluding hydrogens is 338 g/mol. The zero-order chi connectivity index (χ0) is 15.0. The number of benzene rings is 2. The van der Waals surface area contributed by atoms with E-state index in [1.807, 2.05) is 12.1 Å². The van der Waals surface area contributed by atoms with E-state index >= 15 is 0 Å². The van der Waals surface area contributed by atoms with Crippen LogP contribution in [0.25, 0.3) is 0 Å². The largest absolute Gasteiger partial charge is 0.384 e. The molecule has 1 aliphatic carbocycles. The van der Waals surface area contributed by atoms with Gasteiger partial charge in [0.05, 0.1) is 4.47 Å². The molecule has 0 radical (unpaired) electrons. The monoisotopic (exact) mass is 352 g/mol. The van der Waals surface area contributed by atoms with Crippen molar-refractivity contribution >= 4 is 15.9 Å². The lowest BCUT2D eigenvalue weighted by atomic mass is 9.79. The van der Waals surface area contributed by atoms with Gasteiger partial charge in [-0.3, -0.25) is 0 Å². The molecule has 1 unspecified atom stereocenters. The number of aliphatic hydroxyl groups excluding tert-OH is 1. The summed E-state index contributed by atoms with van der Waals surface area (Å²) in [4.78, 5) is 0. The summed E-state index contributed by atoms with van der Waals surface area (Å²) < 4.78 is 26.7. The Balaban J connectivity index is 1.95. The SMILES string of the molecule is OC(c1cccc(C2CCC2)c1)c1ccc(F)c(F)c1Br. The molecule has 1 nitrogen and oxygen atoms in total. The van der Waals surface area contributed by atoms with Crippen molar-refractivity contribution in [2.75, 3.05) is 0 Å². The lowest BCUT2D eigenvalue weighted by Gasteiger charge is -2.26. The first-order valence-electron chi connectivity index (χ1n) is 6.99. The molecule has 0 aliphatic heterocycles. The third-order valence-electron chi connectivity index (χ3n) is 4.16. The average molecular weight is 353 g/mol. The highest BCUT2D eigenvalue weighted by atomic mass is 79.9. The molecule has 0 aromatic heterocycles.